The molecule has 2 rings (SSSR count). The maximum atomic E-state index is 13.0. The van der Waals surface area contributed by atoms with E-state index in [0.29, 0.717) is 25.7 Å². The lowest BCUT2D eigenvalue weighted by atomic mass is 9.96. The van der Waals surface area contributed by atoms with Crippen molar-refractivity contribution in [2.75, 3.05) is 6.61 Å². The van der Waals surface area contributed by atoms with E-state index in [2.05, 4.69) is 10.6 Å². The van der Waals surface area contributed by atoms with E-state index >= 15 is 0 Å². The van der Waals surface area contributed by atoms with Crippen LogP contribution < -0.4 is 10.6 Å². The summed E-state index contributed by atoms with van der Waals surface area (Å²) in [6.45, 7) is 3.21. The van der Waals surface area contributed by atoms with E-state index in [1.807, 2.05) is 74.5 Å². The van der Waals surface area contributed by atoms with Crippen molar-refractivity contribution in [1.29, 1.82) is 0 Å². The first-order chi connectivity index (χ1) is 15.4. The van der Waals surface area contributed by atoms with E-state index in [1.54, 1.807) is 0 Å². The monoisotopic (exact) mass is 438 g/mol. The predicted molar refractivity (Wildman–Crippen MR) is 125 cm³/mol. The summed E-state index contributed by atoms with van der Waals surface area (Å²) in [5.41, 5.74) is 2.10. The summed E-state index contributed by atoms with van der Waals surface area (Å²) in [6.07, 6.45) is 2.53. The van der Waals surface area contributed by atoms with Crippen molar-refractivity contribution in [3.8, 4) is 0 Å². The van der Waals surface area contributed by atoms with E-state index in [0.717, 1.165) is 11.1 Å². The van der Waals surface area contributed by atoms with Gasteiger partial charge in [-0.05, 0) is 36.3 Å². The molecule has 0 fully saturated rings. The number of aliphatic hydroxyl groups is 1. The van der Waals surface area contributed by atoms with Crippen molar-refractivity contribution in [1.82, 2.24) is 10.6 Å². The molecule has 0 heterocycles. The van der Waals surface area contributed by atoms with Crippen LogP contribution in [-0.2, 0) is 27.2 Å². The Hall–Kier alpha value is -2.99. The van der Waals surface area contributed by atoms with Crippen molar-refractivity contribution in [3.63, 3.8) is 0 Å². The highest BCUT2D eigenvalue weighted by Gasteiger charge is 2.29. The van der Waals surface area contributed by atoms with Gasteiger partial charge in [0.2, 0.25) is 11.8 Å². The largest absolute Gasteiger partial charge is 0.389 e. The summed E-state index contributed by atoms with van der Waals surface area (Å²) >= 11 is 0. The van der Waals surface area contributed by atoms with Gasteiger partial charge in [-0.25, -0.2) is 0 Å². The second-order valence-corrected chi connectivity index (χ2v) is 8.13. The lowest BCUT2D eigenvalue weighted by molar-refractivity contribution is -0.133. The number of aliphatic hydroxyl groups excluding tert-OH is 1. The van der Waals surface area contributed by atoms with Crippen molar-refractivity contribution >= 4 is 17.6 Å². The lowest BCUT2D eigenvalue weighted by Crippen LogP contribution is -2.54. The van der Waals surface area contributed by atoms with E-state index in [-0.39, 0.29) is 18.2 Å². The fraction of sp³-hybridized carbons (Fsp3) is 0.423. The van der Waals surface area contributed by atoms with E-state index in [1.165, 1.54) is 0 Å². The van der Waals surface area contributed by atoms with E-state index < -0.39 is 30.4 Å². The smallest absolute Gasteiger partial charge is 0.243 e. The van der Waals surface area contributed by atoms with Crippen molar-refractivity contribution in [3.05, 3.63) is 71.8 Å². The quantitative estimate of drug-likeness (QED) is 0.448. The molecule has 0 unspecified atom stereocenters. The molecule has 32 heavy (non-hydrogen) atoms. The average molecular weight is 439 g/mol. The number of hydrogen-bond donors (Lipinski definition) is 3. The van der Waals surface area contributed by atoms with E-state index in [9.17, 15) is 19.5 Å². The third-order valence-corrected chi connectivity index (χ3v) is 5.72. The van der Waals surface area contributed by atoms with Crippen molar-refractivity contribution in [2.24, 2.45) is 5.92 Å². The van der Waals surface area contributed by atoms with Crippen LogP contribution in [0.2, 0.25) is 0 Å². The molecule has 3 atom stereocenters. The van der Waals surface area contributed by atoms with Crippen LogP contribution >= 0.6 is 0 Å². The van der Waals surface area contributed by atoms with Gasteiger partial charge in [-0.15, -0.1) is 0 Å². The van der Waals surface area contributed by atoms with E-state index in [4.69, 9.17) is 0 Å². The van der Waals surface area contributed by atoms with Gasteiger partial charge in [-0.3, -0.25) is 14.4 Å². The molecule has 6 nitrogen and oxygen atoms in total. The summed E-state index contributed by atoms with van der Waals surface area (Å²) < 4.78 is 0. The third kappa shape index (κ3) is 8.27. The zero-order valence-electron chi connectivity index (χ0n) is 18.9. The predicted octanol–water partition coefficient (Wildman–Crippen LogP) is 2.83. The Morgan fingerprint density at radius 3 is 1.97 bits per heavy atom. The highest BCUT2D eigenvalue weighted by molar-refractivity contribution is 5.93. The SMILES string of the molecule is CC[C@H](C)[C@H](NC(=O)CCc1ccccc1)C(=O)N[C@@H](CCc1ccccc1)C(=O)CO. The van der Waals surface area contributed by atoms with Gasteiger partial charge in [-0.1, -0.05) is 80.9 Å². The molecule has 3 N–H and O–H groups in total. The highest BCUT2D eigenvalue weighted by Crippen LogP contribution is 2.12. The molecular formula is C26H34N2O4. The number of ketones is 1. The molecule has 0 spiro atoms. The molecule has 0 saturated carbocycles. The minimum absolute atomic E-state index is 0.102. The van der Waals surface area contributed by atoms with Crippen LogP contribution in [0.1, 0.15) is 44.2 Å². The first-order valence-corrected chi connectivity index (χ1v) is 11.3. The maximum Gasteiger partial charge on any atom is 0.243 e. The van der Waals surface area contributed by atoms with Crippen LogP contribution in [0.15, 0.2) is 60.7 Å². The highest BCUT2D eigenvalue weighted by atomic mass is 16.3. The Bertz CT molecular complexity index is 855. The van der Waals surface area contributed by atoms with Crippen LogP contribution in [0.4, 0.5) is 0 Å². The summed E-state index contributed by atoms with van der Waals surface area (Å²) in [4.78, 5) is 37.8. The van der Waals surface area contributed by atoms with Gasteiger partial charge in [0, 0.05) is 6.42 Å². The fourth-order valence-electron chi connectivity index (χ4n) is 3.49. The fourth-order valence-corrected chi connectivity index (χ4v) is 3.49. The number of rotatable bonds is 13. The molecule has 2 aromatic carbocycles. The number of benzene rings is 2. The molecule has 0 radical (unpaired) electrons. The second-order valence-electron chi connectivity index (χ2n) is 8.13. The normalized spacial score (nSPS) is 13.6. The molecular weight excluding hydrogens is 404 g/mol. The number of nitrogens with one attached hydrogen (secondary N) is 2. The maximum absolute atomic E-state index is 13.0. The van der Waals surface area contributed by atoms with Crippen LogP contribution in [-0.4, -0.2) is 41.4 Å². The van der Waals surface area contributed by atoms with Gasteiger partial charge in [0.25, 0.3) is 0 Å². The number of aryl methyl sites for hydroxylation is 2. The summed E-state index contributed by atoms with van der Waals surface area (Å²) in [5, 5.41) is 15.0. The third-order valence-electron chi connectivity index (χ3n) is 5.72. The van der Waals surface area contributed by atoms with Crippen LogP contribution in [0.5, 0.6) is 0 Å². The summed E-state index contributed by atoms with van der Waals surface area (Å²) in [7, 11) is 0. The zero-order chi connectivity index (χ0) is 23.3. The van der Waals surface area contributed by atoms with Gasteiger partial charge < -0.3 is 15.7 Å². The van der Waals surface area contributed by atoms with Crippen molar-refractivity contribution < 1.29 is 19.5 Å². The first-order valence-electron chi connectivity index (χ1n) is 11.3. The zero-order valence-corrected chi connectivity index (χ0v) is 18.9. The Morgan fingerprint density at radius 1 is 0.875 bits per heavy atom. The van der Waals surface area contributed by atoms with Gasteiger partial charge in [0.1, 0.15) is 12.6 Å². The van der Waals surface area contributed by atoms with Crippen LogP contribution in [0.3, 0.4) is 0 Å². The van der Waals surface area contributed by atoms with Gasteiger partial charge >= 0.3 is 0 Å². The Morgan fingerprint density at radius 2 is 1.44 bits per heavy atom. The van der Waals surface area contributed by atoms with Crippen LogP contribution in [0.25, 0.3) is 0 Å². The average Bonchev–Trinajstić information content (AvgIpc) is 2.83. The van der Waals surface area contributed by atoms with Gasteiger partial charge in [-0.2, -0.15) is 0 Å². The molecule has 0 saturated heterocycles. The number of hydrogen-bond acceptors (Lipinski definition) is 4. The molecule has 0 aliphatic carbocycles. The Balaban J connectivity index is 1.99. The number of carbonyl (C=O) groups is 3. The van der Waals surface area contributed by atoms with Gasteiger partial charge in [0.05, 0.1) is 6.04 Å². The topological polar surface area (TPSA) is 95.5 Å². The molecule has 2 aromatic rings. The molecule has 0 bridgehead atoms. The lowest BCUT2D eigenvalue weighted by Gasteiger charge is -2.26. The Labute approximate surface area is 190 Å². The first kappa shape index (κ1) is 25.3. The molecule has 0 aliphatic heterocycles. The molecule has 172 valence electrons. The van der Waals surface area contributed by atoms with Gasteiger partial charge in [0.15, 0.2) is 5.78 Å². The number of amides is 2. The van der Waals surface area contributed by atoms with Crippen LogP contribution in [0, 0.1) is 5.92 Å². The minimum Gasteiger partial charge on any atom is -0.389 e. The minimum atomic E-state index is -0.805. The molecule has 2 amide bonds. The second kappa shape index (κ2) is 13.4. The molecule has 0 aliphatic rings. The number of Topliss-reactive ketones (excluding diaryl/α,β-unsaturated/α-hetero) is 1. The molecule has 6 heteroatoms. The number of carbonyl (C=O) groups excluding carboxylic acids is 3. The molecule has 0 aromatic heterocycles. The standard InChI is InChI=1S/C26H34N2O4/c1-3-19(2)25(28-24(31)17-15-21-12-8-5-9-13-21)26(32)27-22(23(30)18-29)16-14-20-10-6-4-7-11-20/h4-13,19,22,25,29H,3,14-18H2,1-2H3,(H,27,32)(H,28,31)/t19-,22-,25-/m0/s1. The summed E-state index contributed by atoms with van der Waals surface area (Å²) in [5.74, 6) is -1.14. The summed E-state index contributed by atoms with van der Waals surface area (Å²) in [6, 6.07) is 17.8. The van der Waals surface area contributed by atoms with Crippen molar-refractivity contribution in [2.45, 2.75) is 58.0 Å². The Kier molecular flexibility index (Phi) is 10.6.